The van der Waals surface area contributed by atoms with Gasteiger partial charge in [-0.2, -0.15) is 0 Å². The molecule has 0 saturated carbocycles. The van der Waals surface area contributed by atoms with Crippen LogP contribution < -0.4 is 5.56 Å². The standard InChI is InChI=1S/C16H13N5OS4/c1-21-14(22)9-7-4-3-5-8(7)24-12(9)20-15(21)26-13-10-11(17-6-18-13)19-16(23-2)25-10/h6H,3-5H2,1-2H3. The summed E-state index contributed by atoms with van der Waals surface area (Å²) in [7, 11) is 1.79. The highest BCUT2D eigenvalue weighted by molar-refractivity contribution is 8.00. The Labute approximate surface area is 165 Å². The Morgan fingerprint density at radius 2 is 2.08 bits per heavy atom. The fourth-order valence-corrected chi connectivity index (χ4v) is 6.93. The fraction of sp³-hybridized carbons (Fsp3) is 0.312. The van der Waals surface area contributed by atoms with Crippen molar-refractivity contribution in [3.05, 3.63) is 27.1 Å². The van der Waals surface area contributed by atoms with Crippen LogP contribution in [-0.4, -0.2) is 30.8 Å². The molecule has 1 aliphatic rings. The summed E-state index contributed by atoms with van der Waals surface area (Å²) in [6, 6.07) is 0. The summed E-state index contributed by atoms with van der Waals surface area (Å²) in [4.78, 5) is 33.1. The second kappa shape index (κ2) is 6.29. The van der Waals surface area contributed by atoms with Crippen LogP contribution in [0.15, 0.2) is 25.6 Å². The van der Waals surface area contributed by atoms with E-state index in [-0.39, 0.29) is 5.56 Å². The molecule has 0 amide bonds. The number of fused-ring (bicyclic) bond motifs is 4. The Morgan fingerprint density at radius 3 is 2.92 bits per heavy atom. The number of thiophene rings is 1. The van der Waals surface area contributed by atoms with Crippen molar-refractivity contribution in [1.29, 1.82) is 0 Å². The number of thiazole rings is 1. The molecule has 6 nitrogen and oxygen atoms in total. The van der Waals surface area contributed by atoms with Gasteiger partial charge >= 0.3 is 0 Å². The number of hydrogen-bond acceptors (Lipinski definition) is 9. The lowest BCUT2D eigenvalue weighted by atomic mass is 10.2. The quantitative estimate of drug-likeness (QED) is 0.284. The van der Waals surface area contributed by atoms with E-state index in [9.17, 15) is 4.79 Å². The van der Waals surface area contributed by atoms with E-state index in [2.05, 4.69) is 15.0 Å². The van der Waals surface area contributed by atoms with Crippen LogP contribution in [-0.2, 0) is 19.9 Å². The highest BCUT2D eigenvalue weighted by Gasteiger charge is 2.23. The molecule has 0 spiro atoms. The molecule has 5 rings (SSSR count). The molecule has 4 heterocycles. The third-order valence-corrected chi connectivity index (χ3v) is 8.81. The Bertz CT molecular complexity index is 1230. The maximum absolute atomic E-state index is 12.9. The maximum Gasteiger partial charge on any atom is 0.262 e. The van der Waals surface area contributed by atoms with Gasteiger partial charge in [0.05, 0.1) is 5.39 Å². The zero-order valence-corrected chi connectivity index (χ0v) is 17.2. The maximum atomic E-state index is 12.9. The summed E-state index contributed by atoms with van der Waals surface area (Å²) in [5, 5.41) is 2.25. The van der Waals surface area contributed by atoms with Crippen LogP contribution in [0.5, 0.6) is 0 Å². The Hall–Kier alpha value is -1.49. The molecule has 0 unspecified atom stereocenters. The molecule has 1 aliphatic carbocycles. The molecular formula is C16H13N5OS4. The molecule has 0 radical (unpaired) electrons. The molecule has 4 aromatic heterocycles. The van der Waals surface area contributed by atoms with Gasteiger partial charge in [-0.25, -0.2) is 19.9 Å². The van der Waals surface area contributed by atoms with Crippen LogP contribution >= 0.6 is 46.2 Å². The van der Waals surface area contributed by atoms with Gasteiger partial charge in [0.25, 0.3) is 5.56 Å². The van der Waals surface area contributed by atoms with E-state index in [0.717, 1.165) is 43.5 Å². The van der Waals surface area contributed by atoms with E-state index in [1.807, 2.05) is 6.26 Å². The molecule has 0 fully saturated rings. The van der Waals surface area contributed by atoms with Crippen molar-refractivity contribution < 1.29 is 0 Å². The largest absolute Gasteiger partial charge is 0.290 e. The molecule has 0 bridgehead atoms. The van der Waals surface area contributed by atoms with Gasteiger partial charge < -0.3 is 0 Å². The lowest BCUT2D eigenvalue weighted by Crippen LogP contribution is -2.20. The van der Waals surface area contributed by atoms with Gasteiger partial charge in [0.1, 0.15) is 20.9 Å². The van der Waals surface area contributed by atoms with Gasteiger partial charge in [0.15, 0.2) is 15.1 Å². The zero-order valence-electron chi connectivity index (χ0n) is 14.0. The molecule has 0 N–H and O–H groups in total. The minimum atomic E-state index is 0.0382. The number of thioether (sulfide) groups is 1. The lowest BCUT2D eigenvalue weighted by Gasteiger charge is -2.07. The van der Waals surface area contributed by atoms with E-state index in [4.69, 9.17) is 4.98 Å². The van der Waals surface area contributed by atoms with Gasteiger partial charge in [-0.05, 0) is 42.8 Å². The first-order valence-corrected chi connectivity index (χ1v) is 11.7. The van der Waals surface area contributed by atoms with E-state index >= 15 is 0 Å². The Kier molecular flexibility index (Phi) is 4.03. The first-order valence-electron chi connectivity index (χ1n) is 8.00. The van der Waals surface area contributed by atoms with Crippen LogP contribution in [0.4, 0.5) is 0 Å². The third kappa shape index (κ3) is 2.50. The lowest BCUT2D eigenvalue weighted by molar-refractivity contribution is 0.726. The number of aryl methyl sites for hydroxylation is 2. The average molecular weight is 420 g/mol. The predicted octanol–water partition coefficient (Wildman–Crippen LogP) is 3.76. The summed E-state index contributed by atoms with van der Waals surface area (Å²) in [5.74, 6) is 0. The summed E-state index contributed by atoms with van der Waals surface area (Å²) >= 11 is 6.23. The van der Waals surface area contributed by atoms with Crippen molar-refractivity contribution >= 4 is 66.8 Å². The number of hydrogen-bond donors (Lipinski definition) is 0. The smallest absolute Gasteiger partial charge is 0.262 e. The van der Waals surface area contributed by atoms with Gasteiger partial charge in [-0.15, -0.1) is 22.7 Å². The molecule has 26 heavy (non-hydrogen) atoms. The first kappa shape index (κ1) is 16.7. The average Bonchev–Trinajstić information content (AvgIpc) is 3.32. The highest BCUT2D eigenvalue weighted by atomic mass is 32.2. The van der Waals surface area contributed by atoms with E-state index in [1.54, 1.807) is 46.1 Å². The van der Waals surface area contributed by atoms with Crippen molar-refractivity contribution in [2.75, 3.05) is 6.26 Å². The van der Waals surface area contributed by atoms with Crippen LogP contribution in [0, 0.1) is 0 Å². The summed E-state index contributed by atoms with van der Waals surface area (Å²) < 4.78 is 3.53. The Balaban J connectivity index is 1.65. The van der Waals surface area contributed by atoms with E-state index in [0.29, 0.717) is 10.8 Å². The van der Waals surface area contributed by atoms with Gasteiger partial charge in [-0.3, -0.25) is 9.36 Å². The molecule has 4 aromatic rings. The molecule has 0 aromatic carbocycles. The second-order valence-corrected chi connectivity index (χ2v) is 10.0. The molecule has 10 heteroatoms. The monoisotopic (exact) mass is 419 g/mol. The van der Waals surface area contributed by atoms with Crippen molar-refractivity contribution in [3.63, 3.8) is 0 Å². The fourth-order valence-electron chi connectivity index (χ4n) is 3.16. The summed E-state index contributed by atoms with van der Waals surface area (Å²) in [6.45, 7) is 0. The predicted molar refractivity (Wildman–Crippen MR) is 108 cm³/mol. The van der Waals surface area contributed by atoms with Crippen molar-refractivity contribution in [2.45, 2.75) is 33.8 Å². The number of rotatable bonds is 3. The van der Waals surface area contributed by atoms with Crippen LogP contribution in [0.1, 0.15) is 16.9 Å². The van der Waals surface area contributed by atoms with Gasteiger partial charge in [-0.1, -0.05) is 11.8 Å². The molecule has 132 valence electrons. The van der Waals surface area contributed by atoms with Crippen molar-refractivity contribution in [2.24, 2.45) is 7.05 Å². The SMILES string of the molecule is CSc1nc2ncnc(Sc3nc4sc5c(c4c(=O)n3C)CCC5)c2s1. The number of nitrogens with zero attached hydrogens (tertiary/aromatic N) is 5. The molecule has 0 atom stereocenters. The van der Waals surface area contributed by atoms with Crippen LogP contribution in [0.2, 0.25) is 0 Å². The highest BCUT2D eigenvalue weighted by Crippen LogP contribution is 2.38. The van der Waals surface area contributed by atoms with Crippen molar-refractivity contribution in [3.8, 4) is 0 Å². The Morgan fingerprint density at radius 1 is 1.19 bits per heavy atom. The second-order valence-electron chi connectivity index (χ2n) is 5.91. The topological polar surface area (TPSA) is 73.6 Å². The van der Waals surface area contributed by atoms with E-state index < -0.39 is 0 Å². The summed E-state index contributed by atoms with van der Waals surface area (Å²) in [6.07, 6.45) is 6.70. The first-order chi connectivity index (χ1) is 12.7. The summed E-state index contributed by atoms with van der Waals surface area (Å²) in [5.41, 5.74) is 1.94. The van der Waals surface area contributed by atoms with E-state index in [1.165, 1.54) is 28.5 Å². The minimum absolute atomic E-state index is 0.0382. The minimum Gasteiger partial charge on any atom is -0.290 e. The molecular weight excluding hydrogens is 406 g/mol. The van der Waals surface area contributed by atoms with Crippen molar-refractivity contribution in [1.82, 2.24) is 24.5 Å². The van der Waals surface area contributed by atoms with Crippen LogP contribution in [0.25, 0.3) is 20.6 Å². The third-order valence-electron chi connectivity index (χ3n) is 4.41. The molecule has 0 saturated heterocycles. The zero-order chi connectivity index (χ0) is 17.8. The van der Waals surface area contributed by atoms with Gasteiger partial charge in [0, 0.05) is 11.9 Å². The molecule has 0 aliphatic heterocycles. The van der Waals surface area contributed by atoms with Crippen LogP contribution in [0.3, 0.4) is 0 Å². The normalized spacial score (nSPS) is 13.8. The number of aromatic nitrogens is 5. The van der Waals surface area contributed by atoms with Gasteiger partial charge in [0.2, 0.25) is 0 Å².